The van der Waals surface area contributed by atoms with E-state index in [2.05, 4.69) is 12.2 Å². The van der Waals surface area contributed by atoms with Crippen LogP contribution >= 0.6 is 11.6 Å². The molecule has 0 fully saturated rings. The SMILES string of the molecule is CCCC(Nc1c(C)cccc1F)c1ccc(Cl)cc1. The second-order valence-corrected chi connectivity index (χ2v) is 5.41. The van der Waals surface area contributed by atoms with E-state index in [1.807, 2.05) is 37.3 Å². The molecule has 0 aromatic heterocycles. The first kappa shape index (κ1) is 14.9. The third-order valence-electron chi connectivity index (χ3n) is 3.39. The van der Waals surface area contributed by atoms with Crippen LogP contribution in [0.1, 0.15) is 36.9 Å². The maximum absolute atomic E-state index is 13.9. The number of aryl methyl sites for hydroxylation is 1. The molecular formula is C17H19ClFN. The number of anilines is 1. The zero-order chi connectivity index (χ0) is 14.5. The van der Waals surface area contributed by atoms with Crippen molar-refractivity contribution in [3.63, 3.8) is 0 Å². The Morgan fingerprint density at radius 2 is 1.85 bits per heavy atom. The Labute approximate surface area is 124 Å². The highest BCUT2D eigenvalue weighted by Crippen LogP contribution is 2.28. The molecule has 0 radical (unpaired) electrons. The van der Waals surface area contributed by atoms with Gasteiger partial charge in [-0.3, -0.25) is 0 Å². The first-order valence-corrected chi connectivity index (χ1v) is 7.26. The van der Waals surface area contributed by atoms with E-state index in [-0.39, 0.29) is 11.9 Å². The van der Waals surface area contributed by atoms with Gasteiger partial charge in [-0.15, -0.1) is 0 Å². The minimum Gasteiger partial charge on any atom is -0.376 e. The second-order valence-electron chi connectivity index (χ2n) is 4.97. The van der Waals surface area contributed by atoms with Crippen LogP contribution in [0.25, 0.3) is 0 Å². The maximum atomic E-state index is 13.9. The van der Waals surface area contributed by atoms with Crippen LogP contribution in [0.15, 0.2) is 42.5 Å². The Hall–Kier alpha value is -1.54. The van der Waals surface area contributed by atoms with Gasteiger partial charge >= 0.3 is 0 Å². The van der Waals surface area contributed by atoms with Crippen molar-refractivity contribution >= 4 is 17.3 Å². The summed E-state index contributed by atoms with van der Waals surface area (Å²) in [7, 11) is 0. The van der Waals surface area contributed by atoms with Crippen molar-refractivity contribution in [2.45, 2.75) is 32.7 Å². The van der Waals surface area contributed by atoms with E-state index >= 15 is 0 Å². The van der Waals surface area contributed by atoms with Gasteiger partial charge in [-0.2, -0.15) is 0 Å². The molecule has 1 atom stereocenters. The molecule has 2 rings (SSSR count). The Kier molecular flexibility index (Phi) is 5.02. The summed E-state index contributed by atoms with van der Waals surface area (Å²) in [6.45, 7) is 4.04. The number of halogens is 2. The summed E-state index contributed by atoms with van der Waals surface area (Å²) in [6, 6.07) is 12.9. The van der Waals surface area contributed by atoms with Crippen LogP contribution in [0.2, 0.25) is 5.02 Å². The molecule has 20 heavy (non-hydrogen) atoms. The van der Waals surface area contributed by atoms with Gasteiger partial charge < -0.3 is 5.32 Å². The summed E-state index contributed by atoms with van der Waals surface area (Å²) in [5.41, 5.74) is 2.62. The molecule has 0 saturated heterocycles. The zero-order valence-corrected chi connectivity index (χ0v) is 12.5. The van der Waals surface area contributed by atoms with Crippen molar-refractivity contribution in [2.75, 3.05) is 5.32 Å². The highest BCUT2D eigenvalue weighted by molar-refractivity contribution is 6.30. The Morgan fingerprint density at radius 1 is 1.15 bits per heavy atom. The summed E-state index contributed by atoms with van der Waals surface area (Å²) < 4.78 is 13.9. The van der Waals surface area contributed by atoms with E-state index in [0.717, 1.165) is 24.0 Å². The quantitative estimate of drug-likeness (QED) is 0.740. The van der Waals surface area contributed by atoms with Crippen molar-refractivity contribution in [3.05, 3.63) is 64.4 Å². The predicted molar refractivity (Wildman–Crippen MR) is 83.9 cm³/mol. The van der Waals surface area contributed by atoms with E-state index < -0.39 is 0 Å². The largest absolute Gasteiger partial charge is 0.376 e. The van der Waals surface area contributed by atoms with Crippen molar-refractivity contribution in [1.82, 2.24) is 0 Å². The molecule has 106 valence electrons. The van der Waals surface area contributed by atoms with Crippen molar-refractivity contribution in [2.24, 2.45) is 0 Å². The molecule has 3 heteroatoms. The molecule has 1 N–H and O–H groups in total. The number of benzene rings is 2. The second kappa shape index (κ2) is 6.76. The average Bonchev–Trinajstić information content (AvgIpc) is 2.43. The average molecular weight is 292 g/mol. The van der Waals surface area contributed by atoms with Crippen molar-refractivity contribution < 1.29 is 4.39 Å². The van der Waals surface area contributed by atoms with Crippen LogP contribution in [0.5, 0.6) is 0 Å². The van der Waals surface area contributed by atoms with Gasteiger partial charge in [0.05, 0.1) is 11.7 Å². The lowest BCUT2D eigenvalue weighted by atomic mass is 10.0. The molecule has 2 aromatic rings. The molecule has 0 amide bonds. The van der Waals surface area contributed by atoms with Crippen LogP contribution in [0.4, 0.5) is 10.1 Å². The van der Waals surface area contributed by atoms with Gasteiger partial charge in [0.1, 0.15) is 5.82 Å². The summed E-state index contributed by atoms with van der Waals surface area (Å²) in [4.78, 5) is 0. The van der Waals surface area contributed by atoms with Gasteiger partial charge in [0, 0.05) is 5.02 Å². The molecule has 1 unspecified atom stereocenters. The van der Waals surface area contributed by atoms with Gasteiger partial charge in [-0.05, 0) is 42.7 Å². The minimum atomic E-state index is -0.208. The van der Waals surface area contributed by atoms with Crippen LogP contribution < -0.4 is 5.32 Å². The van der Waals surface area contributed by atoms with Crippen molar-refractivity contribution in [1.29, 1.82) is 0 Å². The van der Waals surface area contributed by atoms with Gasteiger partial charge in [0.25, 0.3) is 0 Å². The topological polar surface area (TPSA) is 12.0 Å². The lowest BCUT2D eigenvalue weighted by Crippen LogP contribution is -2.12. The lowest BCUT2D eigenvalue weighted by molar-refractivity contribution is 0.616. The Morgan fingerprint density at radius 3 is 2.45 bits per heavy atom. The van der Waals surface area contributed by atoms with Crippen molar-refractivity contribution in [3.8, 4) is 0 Å². The first-order chi connectivity index (χ1) is 9.61. The molecule has 0 spiro atoms. The molecule has 0 bridgehead atoms. The number of hydrogen-bond donors (Lipinski definition) is 1. The number of para-hydroxylation sites is 1. The monoisotopic (exact) mass is 291 g/mol. The van der Waals surface area contributed by atoms with Crippen LogP contribution in [-0.2, 0) is 0 Å². The normalized spacial score (nSPS) is 12.2. The fraction of sp³-hybridized carbons (Fsp3) is 0.294. The van der Waals surface area contributed by atoms with E-state index in [1.54, 1.807) is 6.07 Å². The summed E-state index contributed by atoms with van der Waals surface area (Å²) >= 11 is 5.92. The first-order valence-electron chi connectivity index (χ1n) is 6.89. The minimum absolute atomic E-state index is 0.0906. The molecular weight excluding hydrogens is 273 g/mol. The molecule has 1 nitrogen and oxygen atoms in total. The number of hydrogen-bond acceptors (Lipinski definition) is 1. The smallest absolute Gasteiger partial charge is 0.146 e. The lowest BCUT2D eigenvalue weighted by Gasteiger charge is -2.21. The van der Waals surface area contributed by atoms with E-state index in [4.69, 9.17) is 11.6 Å². The standard InChI is InChI=1S/C17H19ClFN/c1-3-5-16(13-8-10-14(18)11-9-13)20-17-12(2)6-4-7-15(17)19/h4,6-11,16,20H,3,5H2,1-2H3. The van der Waals surface area contributed by atoms with Gasteiger partial charge in [-0.25, -0.2) is 4.39 Å². The third kappa shape index (κ3) is 3.51. The highest BCUT2D eigenvalue weighted by Gasteiger charge is 2.14. The van der Waals surface area contributed by atoms with Gasteiger partial charge in [-0.1, -0.05) is 49.2 Å². The third-order valence-corrected chi connectivity index (χ3v) is 3.64. The van der Waals surface area contributed by atoms with Crippen LogP contribution in [-0.4, -0.2) is 0 Å². The summed E-state index contributed by atoms with van der Waals surface area (Å²) in [5.74, 6) is -0.208. The molecule has 0 aliphatic heterocycles. The number of rotatable bonds is 5. The fourth-order valence-electron chi connectivity index (χ4n) is 2.29. The molecule has 0 aliphatic carbocycles. The van der Waals surface area contributed by atoms with E-state index in [1.165, 1.54) is 6.07 Å². The van der Waals surface area contributed by atoms with Gasteiger partial charge in [0.15, 0.2) is 0 Å². The fourth-order valence-corrected chi connectivity index (χ4v) is 2.42. The number of nitrogens with one attached hydrogen (secondary N) is 1. The molecule has 0 aliphatic rings. The predicted octanol–water partition coefficient (Wildman–Crippen LogP) is 5.74. The molecule has 2 aromatic carbocycles. The summed E-state index contributed by atoms with van der Waals surface area (Å²) in [5, 5.41) is 4.05. The van der Waals surface area contributed by atoms with Crippen LogP contribution in [0, 0.1) is 12.7 Å². The molecule has 0 saturated carbocycles. The van der Waals surface area contributed by atoms with E-state index in [9.17, 15) is 4.39 Å². The zero-order valence-electron chi connectivity index (χ0n) is 11.8. The van der Waals surface area contributed by atoms with Crippen LogP contribution in [0.3, 0.4) is 0 Å². The van der Waals surface area contributed by atoms with Gasteiger partial charge in [0.2, 0.25) is 0 Å². The highest BCUT2D eigenvalue weighted by atomic mass is 35.5. The molecule has 0 heterocycles. The summed E-state index contributed by atoms with van der Waals surface area (Å²) in [6.07, 6.45) is 1.96. The van der Waals surface area contributed by atoms with E-state index in [0.29, 0.717) is 10.7 Å². The maximum Gasteiger partial charge on any atom is 0.146 e. The Bertz CT molecular complexity index is 545. The Balaban J connectivity index is 2.28.